The Morgan fingerprint density at radius 2 is 1.05 bits per heavy atom. The van der Waals surface area contributed by atoms with Crippen LogP contribution >= 0.6 is 0 Å². The molecule has 0 aromatic rings. The molecule has 0 spiro atoms. The number of carbonyl (C=O) groups is 1. The number of aliphatic hydroxyl groups excluding tert-OH is 2. The van der Waals surface area contributed by atoms with Crippen LogP contribution < -0.4 is 0 Å². The van der Waals surface area contributed by atoms with Gasteiger partial charge in [0, 0.05) is 26.1 Å². The molecule has 2 N–H and O–H groups in total. The van der Waals surface area contributed by atoms with E-state index >= 15 is 0 Å². The molecule has 132 valence electrons. The summed E-state index contributed by atoms with van der Waals surface area (Å²) in [5.41, 5.74) is 0.381. The van der Waals surface area contributed by atoms with Crippen LogP contribution in [-0.4, -0.2) is 29.2 Å². The average Bonchev–Trinajstić information content (AvgIpc) is 2.40. The van der Waals surface area contributed by atoms with Crippen molar-refractivity contribution in [2.75, 3.05) is 13.2 Å². The lowest BCUT2D eigenvalue weighted by Crippen LogP contribution is -2.13. The molecule has 0 aliphatic heterocycles. The molecule has 22 heavy (non-hydrogen) atoms. The second-order valence-electron chi connectivity index (χ2n) is 8.23. The number of hydrogen-bond acceptors (Lipinski definition) is 3. The van der Waals surface area contributed by atoms with Crippen LogP contribution in [0.15, 0.2) is 0 Å². The third kappa shape index (κ3) is 12.2. The van der Waals surface area contributed by atoms with Gasteiger partial charge in [-0.05, 0) is 49.4 Å². The van der Waals surface area contributed by atoms with E-state index in [9.17, 15) is 4.79 Å². The summed E-state index contributed by atoms with van der Waals surface area (Å²) < 4.78 is 0. The van der Waals surface area contributed by atoms with E-state index in [1.807, 2.05) is 0 Å². The van der Waals surface area contributed by atoms with Crippen molar-refractivity contribution in [1.82, 2.24) is 0 Å². The molecule has 0 aliphatic rings. The minimum absolute atomic E-state index is 0.191. The highest BCUT2D eigenvalue weighted by atomic mass is 16.3. The van der Waals surface area contributed by atoms with Crippen molar-refractivity contribution in [3.63, 3.8) is 0 Å². The fourth-order valence-corrected chi connectivity index (χ4v) is 2.83. The third-order valence-corrected chi connectivity index (χ3v) is 4.70. The van der Waals surface area contributed by atoms with Gasteiger partial charge in [0.2, 0.25) is 0 Å². The Labute approximate surface area is 137 Å². The molecule has 0 aromatic heterocycles. The molecule has 0 radical (unpaired) electrons. The first-order valence-corrected chi connectivity index (χ1v) is 8.96. The first kappa shape index (κ1) is 21.6. The standard InChI is InChI=1S/C19H38O3/c1-18(2,13-15-20)11-7-5-9-17(22)10-6-8-12-19(3,4)14-16-21/h20-21H,5-16H2,1-4H3. The van der Waals surface area contributed by atoms with Gasteiger partial charge in [-0.3, -0.25) is 4.79 Å². The number of aliphatic hydroxyl groups is 2. The molecule has 3 heteroatoms. The van der Waals surface area contributed by atoms with Gasteiger partial charge < -0.3 is 10.2 Å². The summed E-state index contributed by atoms with van der Waals surface area (Å²) in [4.78, 5) is 11.9. The van der Waals surface area contributed by atoms with Gasteiger partial charge in [-0.25, -0.2) is 0 Å². The number of Topliss-reactive ketones (excluding diaryl/α,β-unsaturated/α-hetero) is 1. The van der Waals surface area contributed by atoms with Crippen LogP contribution in [0.5, 0.6) is 0 Å². The molecule has 0 heterocycles. The molecule has 0 amide bonds. The average molecular weight is 315 g/mol. The lowest BCUT2D eigenvalue weighted by Gasteiger charge is -2.23. The van der Waals surface area contributed by atoms with Gasteiger partial charge in [0.1, 0.15) is 5.78 Å². The summed E-state index contributed by atoms with van der Waals surface area (Å²) in [5.74, 6) is 0.389. The lowest BCUT2D eigenvalue weighted by atomic mass is 9.83. The molecule has 0 bridgehead atoms. The van der Waals surface area contributed by atoms with E-state index < -0.39 is 0 Å². The van der Waals surface area contributed by atoms with Gasteiger partial charge in [0.15, 0.2) is 0 Å². The first-order chi connectivity index (χ1) is 10.2. The van der Waals surface area contributed by atoms with E-state index in [2.05, 4.69) is 27.7 Å². The second kappa shape index (κ2) is 11.2. The zero-order valence-corrected chi connectivity index (χ0v) is 15.3. The van der Waals surface area contributed by atoms with Gasteiger partial charge in [-0.2, -0.15) is 0 Å². The fourth-order valence-electron chi connectivity index (χ4n) is 2.83. The topological polar surface area (TPSA) is 57.5 Å². The van der Waals surface area contributed by atoms with E-state index in [-0.39, 0.29) is 24.0 Å². The molecule has 0 saturated carbocycles. The molecule has 0 aromatic carbocycles. The number of rotatable bonds is 14. The number of hydrogen-bond donors (Lipinski definition) is 2. The van der Waals surface area contributed by atoms with Crippen LogP contribution in [0.3, 0.4) is 0 Å². The SMILES string of the molecule is CC(C)(CCO)CCCCC(=O)CCCCC(C)(C)CCO. The zero-order chi connectivity index (χ0) is 17.1. The van der Waals surface area contributed by atoms with Crippen molar-refractivity contribution in [2.24, 2.45) is 10.8 Å². The number of ketones is 1. The molecule has 3 nitrogen and oxygen atoms in total. The number of carbonyl (C=O) groups excluding carboxylic acids is 1. The van der Waals surface area contributed by atoms with E-state index in [4.69, 9.17) is 10.2 Å². The van der Waals surface area contributed by atoms with E-state index in [1.165, 1.54) is 0 Å². The summed E-state index contributed by atoms with van der Waals surface area (Å²) in [5, 5.41) is 18.0. The van der Waals surface area contributed by atoms with Gasteiger partial charge in [0.25, 0.3) is 0 Å². The van der Waals surface area contributed by atoms with Crippen LogP contribution in [-0.2, 0) is 4.79 Å². The second-order valence-corrected chi connectivity index (χ2v) is 8.23. The van der Waals surface area contributed by atoms with Gasteiger partial charge in [-0.1, -0.05) is 40.5 Å². The van der Waals surface area contributed by atoms with Crippen LogP contribution in [0.4, 0.5) is 0 Å². The Balaban J connectivity index is 3.63. The Morgan fingerprint density at radius 3 is 1.36 bits per heavy atom. The Kier molecular flexibility index (Phi) is 11.0. The van der Waals surface area contributed by atoms with E-state index in [0.717, 1.165) is 51.4 Å². The number of unbranched alkanes of at least 4 members (excludes halogenated alkanes) is 2. The maximum atomic E-state index is 11.9. The van der Waals surface area contributed by atoms with Crippen molar-refractivity contribution in [2.45, 2.75) is 91.9 Å². The van der Waals surface area contributed by atoms with Crippen LogP contribution in [0, 0.1) is 10.8 Å². The maximum Gasteiger partial charge on any atom is 0.132 e. The Bertz CT molecular complexity index is 267. The van der Waals surface area contributed by atoms with Gasteiger partial charge in [0.05, 0.1) is 0 Å². The predicted molar refractivity (Wildman–Crippen MR) is 92.9 cm³/mol. The quantitative estimate of drug-likeness (QED) is 0.464. The van der Waals surface area contributed by atoms with Crippen molar-refractivity contribution in [3.05, 3.63) is 0 Å². The van der Waals surface area contributed by atoms with Crippen molar-refractivity contribution in [1.29, 1.82) is 0 Å². The summed E-state index contributed by atoms with van der Waals surface area (Å²) in [7, 11) is 0. The summed E-state index contributed by atoms with van der Waals surface area (Å²) in [6, 6.07) is 0. The van der Waals surface area contributed by atoms with Gasteiger partial charge in [-0.15, -0.1) is 0 Å². The minimum Gasteiger partial charge on any atom is -0.396 e. The van der Waals surface area contributed by atoms with E-state index in [0.29, 0.717) is 18.6 Å². The van der Waals surface area contributed by atoms with E-state index in [1.54, 1.807) is 0 Å². The molecule has 0 atom stereocenters. The lowest BCUT2D eigenvalue weighted by molar-refractivity contribution is -0.119. The monoisotopic (exact) mass is 314 g/mol. The Hall–Kier alpha value is -0.410. The highest BCUT2D eigenvalue weighted by Crippen LogP contribution is 2.28. The largest absolute Gasteiger partial charge is 0.396 e. The van der Waals surface area contributed by atoms with Crippen LogP contribution in [0.2, 0.25) is 0 Å². The summed E-state index contributed by atoms with van der Waals surface area (Å²) >= 11 is 0. The summed E-state index contributed by atoms with van der Waals surface area (Å²) in [6.07, 6.45) is 9.34. The van der Waals surface area contributed by atoms with Crippen molar-refractivity contribution in [3.8, 4) is 0 Å². The smallest absolute Gasteiger partial charge is 0.132 e. The van der Waals surface area contributed by atoms with Crippen molar-refractivity contribution < 1.29 is 15.0 Å². The van der Waals surface area contributed by atoms with Crippen molar-refractivity contribution >= 4 is 5.78 Å². The molecule has 0 unspecified atom stereocenters. The Morgan fingerprint density at radius 1 is 0.682 bits per heavy atom. The molecule has 0 aliphatic carbocycles. The molecule has 0 saturated heterocycles. The normalized spacial score (nSPS) is 12.6. The maximum absolute atomic E-state index is 11.9. The highest BCUT2D eigenvalue weighted by Gasteiger charge is 2.17. The third-order valence-electron chi connectivity index (χ3n) is 4.70. The van der Waals surface area contributed by atoms with Crippen LogP contribution in [0.1, 0.15) is 91.9 Å². The zero-order valence-electron chi connectivity index (χ0n) is 15.3. The predicted octanol–water partition coefficient (Wildman–Crippen LogP) is 4.49. The summed E-state index contributed by atoms with van der Waals surface area (Å²) in [6.45, 7) is 9.22. The molecule has 0 fully saturated rings. The fraction of sp³-hybridized carbons (Fsp3) is 0.947. The van der Waals surface area contributed by atoms with Crippen LogP contribution in [0.25, 0.3) is 0 Å². The molecule has 0 rings (SSSR count). The molecular formula is C19H38O3. The first-order valence-electron chi connectivity index (χ1n) is 8.96. The highest BCUT2D eigenvalue weighted by molar-refractivity contribution is 5.78. The minimum atomic E-state index is 0.191. The molecular weight excluding hydrogens is 276 g/mol. The van der Waals surface area contributed by atoms with Gasteiger partial charge >= 0.3 is 0 Å².